The zero-order valence-electron chi connectivity index (χ0n) is 15.3. The van der Waals surface area contributed by atoms with Gasteiger partial charge < -0.3 is 14.5 Å². The minimum absolute atomic E-state index is 0.131. The van der Waals surface area contributed by atoms with Crippen LogP contribution in [0, 0.1) is 24.6 Å². The highest BCUT2D eigenvalue weighted by Gasteiger charge is 2.31. The summed E-state index contributed by atoms with van der Waals surface area (Å²) in [5.74, 6) is -1.16. The van der Waals surface area contributed by atoms with E-state index < -0.39 is 11.9 Å². The molecule has 1 saturated heterocycles. The molecule has 144 valence electrons. The Kier molecular flexibility index (Phi) is 5.53. The molecule has 1 amide bonds. The molecular formula is C19H22FN3O4. The Labute approximate surface area is 156 Å². The van der Waals surface area contributed by atoms with Gasteiger partial charge in [0.1, 0.15) is 5.82 Å². The molecule has 3 rings (SSSR count). The summed E-state index contributed by atoms with van der Waals surface area (Å²) in [4.78, 5) is 29.5. The van der Waals surface area contributed by atoms with Gasteiger partial charge in [-0.3, -0.25) is 9.59 Å². The van der Waals surface area contributed by atoms with Gasteiger partial charge in [0.15, 0.2) is 0 Å². The van der Waals surface area contributed by atoms with Crippen LogP contribution >= 0.6 is 0 Å². The highest BCUT2D eigenvalue weighted by Crippen LogP contribution is 2.23. The number of carbonyl (C=O) groups excluding carboxylic acids is 1. The number of piperidine rings is 1. The van der Waals surface area contributed by atoms with E-state index in [2.05, 4.69) is 10.1 Å². The highest BCUT2D eigenvalue weighted by molar-refractivity contribution is 5.78. The molecule has 27 heavy (non-hydrogen) atoms. The molecule has 0 spiro atoms. The maximum atomic E-state index is 13.7. The van der Waals surface area contributed by atoms with Crippen molar-refractivity contribution >= 4 is 11.9 Å². The van der Waals surface area contributed by atoms with Gasteiger partial charge in [-0.2, -0.15) is 4.98 Å². The van der Waals surface area contributed by atoms with Crippen LogP contribution in [0.2, 0.25) is 0 Å². The lowest BCUT2D eigenvalue weighted by atomic mass is 9.90. The monoisotopic (exact) mass is 375 g/mol. The SMILES string of the molecule is Cc1ccc(-c2noc(CCC(=O)N3CC(C)CC(C(=O)O)C3)n2)cc1F. The summed E-state index contributed by atoms with van der Waals surface area (Å²) in [6.07, 6.45) is 0.991. The van der Waals surface area contributed by atoms with Gasteiger partial charge in [0, 0.05) is 31.5 Å². The first-order valence-electron chi connectivity index (χ1n) is 8.93. The quantitative estimate of drug-likeness (QED) is 0.863. The van der Waals surface area contributed by atoms with Crippen molar-refractivity contribution in [3.63, 3.8) is 0 Å². The second-order valence-corrected chi connectivity index (χ2v) is 7.15. The number of nitrogens with zero attached hydrogens (tertiary/aromatic N) is 3. The standard InChI is InChI=1S/C19H22FN3O4/c1-11-7-14(19(25)26)10-23(9-11)17(24)6-5-16-21-18(22-27-16)13-4-3-12(2)15(20)8-13/h3-4,8,11,14H,5-7,9-10H2,1-2H3,(H,25,26). The number of aromatic nitrogens is 2. The van der Waals surface area contributed by atoms with Crippen LogP contribution in [0.4, 0.5) is 4.39 Å². The van der Waals surface area contributed by atoms with E-state index in [4.69, 9.17) is 4.52 Å². The van der Waals surface area contributed by atoms with Crippen molar-refractivity contribution in [3.8, 4) is 11.4 Å². The topological polar surface area (TPSA) is 96.5 Å². The second-order valence-electron chi connectivity index (χ2n) is 7.15. The molecule has 1 fully saturated rings. The Morgan fingerprint density at radius 1 is 1.37 bits per heavy atom. The van der Waals surface area contributed by atoms with E-state index in [0.717, 1.165) is 0 Å². The Morgan fingerprint density at radius 2 is 2.15 bits per heavy atom. The number of amides is 1. The first-order chi connectivity index (χ1) is 12.8. The number of aryl methyl sites for hydroxylation is 2. The van der Waals surface area contributed by atoms with Crippen LogP contribution in [-0.4, -0.2) is 45.1 Å². The molecule has 1 aliphatic heterocycles. The number of hydrogen-bond acceptors (Lipinski definition) is 5. The van der Waals surface area contributed by atoms with Crippen LogP contribution < -0.4 is 0 Å². The summed E-state index contributed by atoms with van der Waals surface area (Å²) < 4.78 is 18.8. The molecule has 2 unspecified atom stereocenters. The third-order valence-corrected chi connectivity index (χ3v) is 4.81. The summed E-state index contributed by atoms with van der Waals surface area (Å²) in [7, 11) is 0. The number of benzene rings is 1. The summed E-state index contributed by atoms with van der Waals surface area (Å²) in [6.45, 7) is 4.40. The van der Waals surface area contributed by atoms with E-state index in [1.807, 2.05) is 6.92 Å². The summed E-state index contributed by atoms with van der Waals surface area (Å²) in [6, 6.07) is 4.69. The molecule has 0 aliphatic carbocycles. The third kappa shape index (κ3) is 4.50. The average molecular weight is 375 g/mol. The van der Waals surface area contributed by atoms with Crippen molar-refractivity contribution in [3.05, 3.63) is 35.5 Å². The number of rotatable bonds is 5. The van der Waals surface area contributed by atoms with Crippen molar-refractivity contribution in [1.29, 1.82) is 0 Å². The maximum Gasteiger partial charge on any atom is 0.308 e. The molecule has 0 saturated carbocycles. The molecule has 2 aromatic rings. The lowest BCUT2D eigenvalue weighted by Gasteiger charge is -2.34. The van der Waals surface area contributed by atoms with E-state index >= 15 is 0 Å². The molecule has 1 aromatic carbocycles. The van der Waals surface area contributed by atoms with E-state index in [9.17, 15) is 19.1 Å². The zero-order valence-corrected chi connectivity index (χ0v) is 15.3. The molecule has 1 aromatic heterocycles. The minimum Gasteiger partial charge on any atom is -0.481 e. The number of carbonyl (C=O) groups is 2. The summed E-state index contributed by atoms with van der Waals surface area (Å²) >= 11 is 0. The first kappa shape index (κ1) is 19.0. The number of likely N-dealkylation sites (tertiary alicyclic amines) is 1. The van der Waals surface area contributed by atoms with Gasteiger partial charge in [-0.25, -0.2) is 4.39 Å². The third-order valence-electron chi connectivity index (χ3n) is 4.81. The van der Waals surface area contributed by atoms with Crippen molar-refractivity contribution in [2.24, 2.45) is 11.8 Å². The van der Waals surface area contributed by atoms with Crippen molar-refractivity contribution in [2.75, 3.05) is 13.1 Å². The van der Waals surface area contributed by atoms with Crippen molar-refractivity contribution < 1.29 is 23.6 Å². The molecule has 7 nitrogen and oxygen atoms in total. The fourth-order valence-corrected chi connectivity index (χ4v) is 3.31. The summed E-state index contributed by atoms with van der Waals surface area (Å²) in [5.41, 5.74) is 1.04. The molecule has 1 N–H and O–H groups in total. The van der Waals surface area contributed by atoms with Gasteiger partial charge in [-0.15, -0.1) is 0 Å². The maximum absolute atomic E-state index is 13.7. The van der Waals surface area contributed by atoms with Crippen molar-refractivity contribution in [2.45, 2.75) is 33.1 Å². The zero-order chi connectivity index (χ0) is 19.6. The van der Waals surface area contributed by atoms with Crippen LogP contribution in [0.1, 0.15) is 31.2 Å². The van der Waals surface area contributed by atoms with Crippen LogP contribution in [0.3, 0.4) is 0 Å². The fourth-order valence-electron chi connectivity index (χ4n) is 3.31. The Balaban J connectivity index is 1.60. The predicted octanol–water partition coefficient (Wildman–Crippen LogP) is 2.69. The predicted molar refractivity (Wildman–Crippen MR) is 94.2 cm³/mol. The van der Waals surface area contributed by atoms with Crippen LogP contribution in [0.15, 0.2) is 22.7 Å². The van der Waals surface area contributed by atoms with Gasteiger partial charge in [0.05, 0.1) is 5.92 Å². The summed E-state index contributed by atoms with van der Waals surface area (Å²) in [5, 5.41) is 13.1. The van der Waals surface area contributed by atoms with E-state index in [1.54, 1.807) is 24.0 Å². The minimum atomic E-state index is -0.869. The van der Waals surface area contributed by atoms with Crippen molar-refractivity contribution in [1.82, 2.24) is 15.0 Å². The number of hydrogen-bond donors (Lipinski definition) is 1. The first-order valence-corrected chi connectivity index (χ1v) is 8.93. The molecule has 1 aliphatic rings. The second kappa shape index (κ2) is 7.85. The van der Waals surface area contributed by atoms with Crippen LogP contribution in [0.25, 0.3) is 11.4 Å². The van der Waals surface area contributed by atoms with E-state index in [1.165, 1.54) is 6.07 Å². The number of aliphatic carboxylic acids is 1. The van der Waals surface area contributed by atoms with E-state index in [-0.39, 0.29) is 42.9 Å². The lowest BCUT2D eigenvalue weighted by Crippen LogP contribution is -2.45. The van der Waals surface area contributed by atoms with Crippen LogP contribution in [0.5, 0.6) is 0 Å². The van der Waals surface area contributed by atoms with Gasteiger partial charge >= 0.3 is 5.97 Å². The van der Waals surface area contributed by atoms with Gasteiger partial charge in [-0.1, -0.05) is 24.2 Å². The molecular weight excluding hydrogens is 353 g/mol. The number of carboxylic acid groups (broad SMARTS) is 1. The fraction of sp³-hybridized carbons (Fsp3) is 0.474. The number of halogens is 1. The number of carboxylic acids is 1. The Morgan fingerprint density at radius 3 is 2.85 bits per heavy atom. The van der Waals surface area contributed by atoms with E-state index in [0.29, 0.717) is 30.0 Å². The molecule has 0 radical (unpaired) electrons. The largest absolute Gasteiger partial charge is 0.481 e. The van der Waals surface area contributed by atoms with Gasteiger partial charge in [0.2, 0.25) is 17.6 Å². The van der Waals surface area contributed by atoms with Gasteiger partial charge in [0.25, 0.3) is 0 Å². The molecule has 2 heterocycles. The highest BCUT2D eigenvalue weighted by atomic mass is 19.1. The van der Waals surface area contributed by atoms with Gasteiger partial charge in [-0.05, 0) is 30.9 Å². The smallest absolute Gasteiger partial charge is 0.308 e. The average Bonchev–Trinajstić information content (AvgIpc) is 3.10. The Hall–Kier alpha value is -2.77. The van der Waals surface area contributed by atoms with Crippen LogP contribution in [-0.2, 0) is 16.0 Å². The Bertz CT molecular complexity index is 851. The molecule has 2 atom stereocenters. The normalized spacial score (nSPS) is 19.9. The molecule has 8 heteroatoms. The lowest BCUT2D eigenvalue weighted by molar-refractivity contribution is -0.146. The molecule has 0 bridgehead atoms.